The molecule has 10 heteroatoms. The summed E-state index contributed by atoms with van der Waals surface area (Å²) in [6, 6.07) is -0.231. The Balaban J connectivity index is 0.00000242. The van der Waals surface area contributed by atoms with Gasteiger partial charge >= 0.3 is 6.16 Å². The molecule has 22 heavy (non-hydrogen) atoms. The van der Waals surface area contributed by atoms with Crippen LogP contribution in [0.15, 0.2) is 10.8 Å². The number of nitrogens with zero attached hydrogens (tertiary/aromatic N) is 1. The van der Waals surface area contributed by atoms with Gasteiger partial charge in [-0.05, 0) is 6.92 Å². The second-order valence-electron chi connectivity index (χ2n) is 4.79. The van der Waals surface area contributed by atoms with Crippen molar-refractivity contribution in [2.75, 3.05) is 12.3 Å². The number of rotatable bonds is 7. The summed E-state index contributed by atoms with van der Waals surface area (Å²) in [4.78, 5) is 24.8. The van der Waals surface area contributed by atoms with Crippen molar-refractivity contribution in [3.63, 3.8) is 0 Å². The number of fused-ring (bicyclic) bond motifs is 1. The summed E-state index contributed by atoms with van der Waals surface area (Å²) in [5.41, 5.74) is 0. The molecule has 9 nitrogen and oxygen atoms in total. The minimum atomic E-state index is -1.46. The predicted molar refractivity (Wildman–Crippen MR) is 79.4 cm³/mol. The van der Waals surface area contributed by atoms with E-state index in [0.717, 1.165) is 6.34 Å². The van der Waals surface area contributed by atoms with Crippen molar-refractivity contribution in [1.29, 1.82) is 5.41 Å². The van der Waals surface area contributed by atoms with Gasteiger partial charge in [-0.1, -0.05) is 0 Å². The van der Waals surface area contributed by atoms with Gasteiger partial charge in [-0.15, -0.1) is 11.8 Å². The molecular weight excluding hydrogens is 314 g/mol. The number of nitrogens with one attached hydrogen (secondary N) is 2. The quantitative estimate of drug-likeness (QED) is 0.162. The van der Waals surface area contributed by atoms with Crippen LogP contribution in [0.2, 0.25) is 0 Å². The monoisotopic (exact) mass is 333 g/mol. The van der Waals surface area contributed by atoms with E-state index in [4.69, 9.17) is 15.3 Å². The van der Waals surface area contributed by atoms with Crippen molar-refractivity contribution in [1.82, 2.24) is 10.2 Å². The Morgan fingerprint density at radius 1 is 1.68 bits per heavy atom. The fourth-order valence-electron chi connectivity index (χ4n) is 2.59. The Morgan fingerprint density at radius 3 is 2.91 bits per heavy atom. The van der Waals surface area contributed by atoms with Gasteiger partial charge in [0, 0.05) is 23.6 Å². The van der Waals surface area contributed by atoms with Crippen LogP contribution >= 0.6 is 11.8 Å². The average molecular weight is 333 g/mol. The zero-order chi connectivity index (χ0) is 15.6. The van der Waals surface area contributed by atoms with Gasteiger partial charge in [0.1, 0.15) is 0 Å². The smallest absolute Gasteiger partial charge is 0.449 e. The van der Waals surface area contributed by atoms with Gasteiger partial charge < -0.3 is 25.7 Å². The maximum absolute atomic E-state index is 12.0. The molecular formula is C12H19N3O6S. The number of carbonyl (C=O) groups is 2. The van der Waals surface area contributed by atoms with Crippen LogP contribution in [0, 0.1) is 11.3 Å². The van der Waals surface area contributed by atoms with Gasteiger partial charge in [0.15, 0.2) is 0 Å². The molecule has 3 atom stereocenters. The highest BCUT2D eigenvalue weighted by Crippen LogP contribution is 2.47. The molecule has 124 valence electrons. The highest BCUT2D eigenvalue weighted by Gasteiger charge is 2.56. The first-order valence-corrected chi connectivity index (χ1v) is 7.46. The van der Waals surface area contributed by atoms with Crippen LogP contribution in [0.1, 0.15) is 13.3 Å². The third-order valence-corrected chi connectivity index (χ3v) is 4.55. The molecule has 0 spiro atoms. The Hall–Kier alpha value is -1.78. The van der Waals surface area contributed by atoms with Crippen LogP contribution < -0.4 is 5.32 Å². The Bertz CT molecular complexity index is 495. The maximum atomic E-state index is 12.0. The number of carboxylic acid groups (broad SMARTS) is 1. The summed E-state index contributed by atoms with van der Waals surface area (Å²) in [5, 5.41) is 28.0. The molecule has 0 bridgehead atoms. The normalized spacial score (nSPS) is 24.1. The van der Waals surface area contributed by atoms with Crippen LogP contribution in [0.4, 0.5) is 4.79 Å². The number of aliphatic hydroxyl groups excluding tert-OH is 1. The number of amides is 1. The van der Waals surface area contributed by atoms with Gasteiger partial charge in [0.25, 0.3) is 0 Å². The second-order valence-corrected chi connectivity index (χ2v) is 5.98. The van der Waals surface area contributed by atoms with Gasteiger partial charge in [-0.2, -0.15) is 0 Å². The number of hydrogen-bond donors (Lipinski definition) is 4. The summed E-state index contributed by atoms with van der Waals surface area (Å²) in [7, 11) is 0. The standard InChI is InChI=1S/C12H17N3O5S.H2O/c1-6(16)9-7-4-8(21-3-2-14-5-13)11(20-12(18)19)15(7)10(9)17;/h5-7,9,16H,2-4H2,1H3,(H2,13,14)(H,18,19);1H2/t6?,7-,9-;/m1./s1. The van der Waals surface area contributed by atoms with E-state index in [1.165, 1.54) is 16.7 Å². The molecule has 1 amide bonds. The van der Waals surface area contributed by atoms with Crippen LogP contribution in [0.25, 0.3) is 0 Å². The van der Waals surface area contributed by atoms with Crippen molar-refractivity contribution >= 4 is 30.2 Å². The zero-order valence-electron chi connectivity index (χ0n) is 11.9. The molecule has 0 radical (unpaired) electrons. The molecule has 2 aliphatic rings. The van der Waals surface area contributed by atoms with E-state index in [9.17, 15) is 14.7 Å². The summed E-state index contributed by atoms with van der Waals surface area (Å²) in [6.45, 7) is 2.10. The summed E-state index contributed by atoms with van der Waals surface area (Å²) in [5.74, 6) is -0.130. The molecule has 2 aliphatic heterocycles. The van der Waals surface area contributed by atoms with Crippen molar-refractivity contribution in [2.24, 2.45) is 5.92 Å². The van der Waals surface area contributed by atoms with Crippen molar-refractivity contribution in [3.05, 3.63) is 10.8 Å². The van der Waals surface area contributed by atoms with E-state index < -0.39 is 18.2 Å². The Morgan fingerprint density at radius 2 is 2.36 bits per heavy atom. The molecule has 1 unspecified atom stereocenters. The molecule has 0 aliphatic carbocycles. The first-order chi connectivity index (χ1) is 9.97. The lowest BCUT2D eigenvalue weighted by Gasteiger charge is -2.44. The topological polar surface area (TPSA) is 154 Å². The first kappa shape index (κ1) is 18.3. The van der Waals surface area contributed by atoms with Gasteiger partial charge in [-0.3, -0.25) is 15.1 Å². The molecule has 2 rings (SSSR count). The minimum absolute atomic E-state index is 0. The average Bonchev–Trinajstić information content (AvgIpc) is 2.67. The zero-order valence-corrected chi connectivity index (χ0v) is 12.7. The van der Waals surface area contributed by atoms with Gasteiger partial charge in [0.2, 0.25) is 11.8 Å². The van der Waals surface area contributed by atoms with Crippen LogP contribution in [0.3, 0.4) is 0 Å². The maximum Gasteiger partial charge on any atom is 0.512 e. The third kappa shape index (κ3) is 3.34. The Labute approximate surface area is 131 Å². The van der Waals surface area contributed by atoms with E-state index in [1.807, 2.05) is 0 Å². The van der Waals surface area contributed by atoms with Crippen LogP contribution in [0.5, 0.6) is 0 Å². The summed E-state index contributed by atoms with van der Waals surface area (Å²) < 4.78 is 4.75. The van der Waals surface area contributed by atoms with E-state index in [2.05, 4.69) is 5.32 Å². The largest absolute Gasteiger partial charge is 0.512 e. The van der Waals surface area contributed by atoms with E-state index >= 15 is 0 Å². The number of β-lactam (4-membered cyclic amide) rings is 1. The number of ether oxygens (including phenoxy) is 1. The lowest BCUT2D eigenvalue weighted by Crippen LogP contribution is -2.61. The molecule has 1 saturated heterocycles. The molecule has 0 saturated carbocycles. The van der Waals surface area contributed by atoms with Crippen molar-refractivity contribution in [3.8, 4) is 0 Å². The molecule has 1 fully saturated rings. The first-order valence-electron chi connectivity index (χ1n) is 6.47. The number of thioether (sulfide) groups is 1. The molecule has 0 aromatic carbocycles. The minimum Gasteiger partial charge on any atom is -0.449 e. The molecule has 6 N–H and O–H groups in total. The SMILES string of the molecule is CC(O)[C@H]1C(=O)N2C(OC(=O)O)=C(SCCNC=N)C[C@H]12.O. The lowest BCUT2D eigenvalue weighted by molar-refractivity contribution is -0.160. The number of hydrogen-bond acceptors (Lipinski definition) is 6. The van der Waals surface area contributed by atoms with E-state index in [-0.39, 0.29) is 23.3 Å². The summed E-state index contributed by atoms with van der Waals surface area (Å²) in [6.07, 6.45) is -0.666. The second kappa shape index (κ2) is 7.47. The molecule has 0 aromatic heterocycles. The highest BCUT2D eigenvalue weighted by molar-refractivity contribution is 8.03. The van der Waals surface area contributed by atoms with Crippen LogP contribution in [-0.4, -0.2) is 63.4 Å². The van der Waals surface area contributed by atoms with Crippen LogP contribution in [-0.2, 0) is 9.53 Å². The molecule has 2 heterocycles. The van der Waals surface area contributed by atoms with Crippen molar-refractivity contribution < 1.29 is 30.0 Å². The third-order valence-electron chi connectivity index (χ3n) is 3.45. The number of aliphatic hydroxyl groups is 1. The summed E-state index contributed by atoms with van der Waals surface area (Å²) >= 11 is 1.39. The Kier molecular flexibility index (Phi) is 6.21. The highest BCUT2D eigenvalue weighted by atomic mass is 32.2. The van der Waals surface area contributed by atoms with Gasteiger partial charge in [0.05, 0.1) is 24.4 Å². The molecule has 0 aromatic rings. The fourth-order valence-corrected chi connectivity index (χ4v) is 3.61. The fraction of sp³-hybridized carbons (Fsp3) is 0.583. The predicted octanol–water partition coefficient (Wildman–Crippen LogP) is -0.433. The number of carbonyl (C=O) groups excluding carboxylic acids is 1. The van der Waals surface area contributed by atoms with Gasteiger partial charge in [-0.25, -0.2) is 4.79 Å². The van der Waals surface area contributed by atoms with Crippen molar-refractivity contribution in [2.45, 2.75) is 25.5 Å². The van der Waals surface area contributed by atoms with E-state index in [1.54, 1.807) is 6.92 Å². The lowest BCUT2D eigenvalue weighted by atomic mass is 9.84. The van der Waals surface area contributed by atoms with E-state index in [0.29, 0.717) is 23.6 Å².